The lowest BCUT2D eigenvalue weighted by atomic mass is 10.1. The van der Waals surface area contributed by atoms with Crippen LogP contribution in [0.25, 0.3) is 0 Å². The Morgan fingerprint density at radius 2 is 2.26 bits per heavy atom. The summed E-state index contributed by atoms with van der Waals surface area (Å²) in [4.78, 5) is 2.44. The zero-order chi connectivity index (χ0) is 13.5. The molecular weight excluding hydrogens is 240 g/mol. The van der Waals surface area contributed by atoms with Crippen molar-refractivity contribution in [2.75, 3.05) is 32.8 Å². The minimum absolute atomic E-state index is 0.246. The smallest absolute Gasteiger partial charge is 0.123 e. The summed E-state index contributed by atoms with van der Waals surface area (Å²) in [6, 6.07) is 8.64. The summed E-state index contributed by atoms with van der Waals surface area (Å²) in [6.45, 7) is 6.83. The Morgan fingerprint density at radius 1 is 1.42 bits per heavy atom. The van der Waals surface area contributed by atoms with E-state index in [1.54, 1.807) is 0 Å². The molecule has 2 rings (SSSR count). The van der Waals surface area contributed by atoms with Crippen LogP contribution in [0.15, 0.2) is 24.3 Å². The maximum absolute atomic E-state index is 9.16. The Labute approximate surface area is 115 Å². The van der Waals surface area contributed by atoms with Crippen molar-refractivity contribution in [3.63, 3.8) is 0 Å². The van der Waals surface area contributed by atoms with Crippen molar-refractivity contribution in [2.45, 2.75) is 25.9 Å². The Bertz CT molecular complexity index is 382. The number of aliphatic hydroxyl groups excluding tert-OH is 1. The van der Waals surface area contributed by atoms with Crippen molar-refractivity contribution < 1.29 is 9.84 Å². The number of nitrogens with zero attached hydrogens (tertiary/aromatic N) is 1. The summed E-state index contributed by atoms with van der Waals surface area (Å²) in [7, 11) is 0. The van der Waals surface area contributed by atoms with E-state index >= 15 is 0 Å². The molecule has 1 atom stereocenters. The molecule has 4 heteroatoms. The maximum Gasteiger partial charge on any atom is 0.123 e. The predicted molar refractivity (Wildman–Crippen MR) is 76.4 cm³/mol. The zero-order valence-corrected chi connectivity index (χ0v) is 11.6. The molecule has 0 bridgehead atoms. The van der Waals surface area contributed by atoms with Crippen molar-refractivity contribution in [3.05, 3.63) is 29.8 Å². The molecule has 0 radical (unpaired) electrons. The molecule has 1 heterocycles. The van der Waals surface area contributed by atoms with Crippen LogP contribution < -0.4 is 10.1 Å². The van der Waals surface area contributed by atoms with Crippen molar-refractivity contribution in [2.24, 2.45) is 0 Å². The van der Waals surface area contributed by atoms with Crippen LogP contribution in [-0.4, -0.2) is 48.9 Å². The molecule has 19 heavy (non-hydrogen) atoms. The van der Waals surface area contributed by atoms with E-state index in [1.165, 1.54) is 5.56 Å². The Balaban J connectivity index is 2.05. The molecule has 0 amide bonds. The van der Waals surface area contributed by atoms with Gasteiger partial charge in [0, 0.05) is 44.4 Å². The molecule has 1 aromatic rings. The normalized spacial score (nSPS) is 20.4. The summed E-state index contributed by atoms with van der Waals surface area (Å²) in [5.74, 6) is 0.978. The minimum Gasteiger partial charge on any atom is -0.494 e. The Kier molecular flexibility index (Phi) is 5.63. The van der Waals surface area contributed by atoms with Crippen molar-refractivity contribution >= 4 is 0 Å². The first-order chi connectivity index (χ1) is 9.35. The van der Waals surface area contributed by atoms with Crippen LogP contribution in [0.4, 0.5) is 0 Å². The monoisotopic (exact) mass is 264 g/mol. The van der Waals surface area contributed by atoms with Crippen molar-refractivity contribution in [1.82, 2.24) is 10.2 Å². The fourth-order valence-electron chi connectivity index (χ4n) is 2.59. The number of rotatable bonds is 6. The first-order valence-corrected chi connectivity index (χ1v) is 7.11. The van der Waals surface area contributed by atoms with Gasteiger partial charge in [0.25, 0.3) is 0 Å². The summed E-state index contributed by atoms with van der Waals surface area (Å²) in [5, 5.41) is 12.6. The number of hydrogen-bond acceptors (Lipinski definition) is 4. The van der Waals surface area contributed by atoms with Gasteiger partial charge in [0.2, 0.25) is 0 Å². The van der Waals surface area contributed by atoms with Crippen LogP contribution in [0.1, 0.15) is 18.9 Å². The van der Waals surface area contributed by atoms with E-state index in [0.29, 0.717) is 12.6 Å². The van der Waals surface area contributed by atoms with Gasteiger partial charge >= 0.3 is 0 Å². The van der Waals surface area contributed by atoms with E-state index in [9.17, 15) is 0 Å². The molecule has 0 spiro atoms. The van der Waals surface area contributed by atoms with Gasteiger partial charge in [-0.25, -0.2) is 0 Å². The van der Waals surface area contributed by atoms with Crippen LogP contribution in [0.3, 0.4) is 0 Å². The second-order valence-electron chi connectivity index (χ2n) is 4.88. The van der Waals surface area contributed by atoms with E-state index in [1.807, 2.05) is 19.1 Å². The molecule has 1 aliphatic heterocycles. The molecule has 4 nitrogen and oxygen atoms in total. The summed E-state index contributed by atoms with van der Waals surface area (Å²) < 4.78 is 5.68. The number of ether oxygens (including phenoxy) is 1. The van der Waals surface area contributed by atoms with Crippen molar-refractivity contribution in [1.29, 1.82) is 0 Å². The quantitative estimate of drug-likeness (QED) is 0.811. The summed E-state index contributed by atoms with van der Waals surface area (Å²) >= 11 is 0. The van der Waals surface area contributed by atoms with Crippen LogP contribution in [-0.2, 0) is 6.54 Å². The molecule has 1 fully saturated rings. The van der Waals surface area contributed by atoms with Gasteiger partial charge in [-0.3, -0.25) is 4.90 Å². The Hall–Kier alpha value is -1.10. The van der Waals surface area contributed by atoms with Gasteiger partial charge in [-0.15, -0.1) is 0 Å². The maximum atomic E-state index is 9.16. The lowest BCUT2D eigenvalue weighted by Crippen LogP contribution is -2.51. The third-order valence-corrected chi connectivity index (χ3v) is 3.58. The van der Waals surface area contributed by atoms with Gasteiger partial charge in [0.05, 0.1) is 6.61 Å². The van der Waals surface area contributed by atoms with Gasteiger partial charge in [-0.1, -0.05) is 18.2 Å². The molecule has 0 saturated carbocycles. The van der Waals surface area contributed by atoms with Gasteiger partial charge in [0.15, 0.2) is 0 Å². The number of hydrogen-bond donors (Lipinski definition) is 2. The van der Waals surface area contributed by atoms with E-state index in [-0.39, 0.29) is 6.61 Å². The van der Waals surface area contributed by atoms with Crippen molar-refractivity contribution in [3.8, 4) is 5.75 Å². The summed E-state index contributed by atoms with van der Waals surface area (Å²) in [5.41, 5.74) is 1.23. The molecule has 0 aliphatic carbocycles. The second-order valence-corrected chi connectivity index (χ2v) is 4.88. The number of benzene rings is 1. The molecule has 1 aliphatic rings. The van der Waals surface area contributed by atoms with E-state index < -0.39 is 0 Å². The third-order valence-electron chi connectivity index (χ3n) is 3.58. The molecule has 106 valence electrons. The highest BCUT2D eigenvalue weighted by Gasteiger charge is 2.22. The minimum atomic E-state index is 0.246. The molecule has 1 saturated heterocycles. The lowest BCUT2D eigenvalue weighted by Gasteiger charge is -2.36. The van der Waals surface area contributed by atoms with Crippen LogP contribution >= 0.6 is 0 Å². The molecule has 0 unspecified atom stereocenters. The van der Waals surface area contributed by atoms with E-state index in [2.05, 4.69) is 22.3 Å². The zero-order valence-electron chi connectivity index (χ0n) is 11.6. The number of nitrogens with one attached hydrogen (secondary N) is 1. The highest BCUT2D eigenvalue weighted by molar-refractivity contribution is 5.33. The molecule has 1 aromatic carbocycles. The standard InChI is InChI=1S/C15H24N2O2/c1-2-19-15-6-4-3-5-13(15)12-17-9-8-16-11-14(17)7-10-18/h3-6,14,16,18H,2,7-12H2,1H3/t14-/m1/s1. The first kappa shape index (κ1) is 14.3. The molecule has 0 aromatic heterocycles. The highest BCUT2D eigenvalue weighted by Crippen LogP contribution is 2.21. The Morgan fingerprint density at radius 3 is 3.05 bits per heavy atom. The topological polar surface area (TPSA) is 44.7 Å². The summed E-state index contributed by atoms with van der Waals surface area (Å²) in [6.07, 6.45) is 0.823. The van der Waals surface area contributed by atoms with E-state index in [0.717, 1.165) is 38.3 Å². The predicted octanol–water partition coefficient (Wildman–Crippen LogP) is 1.24. The fraction of sp³-hybridized carbons (Fsp3) is 0.600. The molecule has 2 N–H and O–H groups in total. The number of aliphatic hydroxyl groups is 1. The van der Waals surface area contributed by atoms with Gasteiger partial charge in [-0.05, 0) is 19.4 Å². The van der Waals surface area contributed by atoms with Crippen LogP contribution in [0.5, 0.6) is 5.75 Å². The highest BCUT2D eigenvalue weighted by atomic mass is 16.5. The number of piperazine rings is 1. The van der Waals surface area contributed by atoms with Gasteiger partial charge < -0.3 is 15.2 Å². The largest absolute Gasteiger partial charge is 0.494 e. The van der Waals surface area contributed by atoms with Gasteiger partial charge in [0.1, 0.15) is 5.75 Å². The second kappa shape index (κ2) is 7.48. The van der Waals surface area contributed by atoms with Crippen LogP contribution in [0, 0.1) is 0 Å². The average molecular weight is 264 g/mol. The lowest BCUT2D eigenvalue weighted by molar-refractivity contribution is 0.122. The number of para-hydroxylation sites is 1. The fourth-order valence-corrected chi connectivity index (χ4v) is 2.59. The van der Waals surface area contributed by atoms with Crippen LogP contribution in [0.2, 0.25) is 0 Å². The average Bonchev–Trinajstić information content (AvgIpc) is 2.44. The molecular formula is C15H24N2O2. The van der Waals surface area contributed by atoms with Gasteiger partial charge in [-0.2, -0.15) is 0 Å². The van der Waals surface area contributed by atoms with E-state index in [4.69, 9.17) is 9.84 Å². The third kappa shape index (κ3) is 3.93. The first-order valence-electron chi connectivity index (χ1n) is 7.11. The SMILES string of the molecule is CCOc1ccccc1CN1CCNC[C@H]1CCO.